The maximum atomic E-state index is 12.5. The van der Waals surface area contributed by atoms with Crippen molar-refractivity contribution in [3.63, 3.8) is 0 Å². The van der Waals surface area contributed by atoms with E-state index in [2.05, 4.69) is 103 Å². The molecule has 1 saturated heterocycles. The third-order valence-electron chi connectivity index (χ3n) is 7.58. The van der Waals surface area contributed by atoms with E-state index in [1.807, 2.05) is 24.7 Å². The average Bonchev–Trinajstić information content (AvgIpc) is 3.32. The lowest BCUT2D eigenvalue weighted by Gasteiger charge is -2.55. The van der Waals surface area contributed by atoms with Gasteiger partial charge in [0.25, 0.3) is 0 Å². The highest BCUT2D eigenvalue weighted by Crippen LogP contribution is 2.50. The standard InChI is InChI=1S/C31H35N3O/c1-22(2)24-10-12-27(13-11-24)31(35,30(3)20-34(4)21-30)28-15-25(17-32-19-28)26-16-29(33-18-26)14-23-8-6-5-7-9-23/h5-13,15-19,22,33,35H,14,20-21H2,1-4H3/t31-/m0/s1. The van der Waals surface area contributed by atoms with Gasteiger partial charge in [-0.05, 0) is 41.8 Å². The van der Waals surface area contributed by atoms with Gasteiger partial charge in [0.1, 0.15) is 5.60 Å². The maximum absolute atomic E-state index is 12.5. The van der Waals surface area contributed by atoms with Gasteiger partial charge >= 0.3 is 0 Å². The molecule has 2 aromatic heterocycles. The van der Waals surface area contributed by atoms with Crippen molar-refractivity contribution in [1.29, 1.82) is 0 Å². The van der Waals surface area contributed by atoms with Crippen LogP contribution in [0.1, 0.15) is 54.6 Å². The van der Waals surface area contributed by atoms with Gasteiger partial charge in [0, 0.05) is 65.9 Å². The summed E-state index contributed by atoms with van der Waals surface area (Å²) in [7, 11) is 2.10. The van der Waals surface area contributed by atoms with Crippen LogP contribution in [0.25, 0.3) is 11.1 Å². The van der Waals surface area contributed by atoms with Gasteiger partial charge in [-0.2, -0.15) is 0 Å². The van der Waals surface area contributed by atoms with Crippen molar-refractivity contribution in [2.75, 3.05) is 20.1 Å². The summed E-state index contributed by atoms with van der Waals surface area (Å²) in [6, 6.07) is 23.3. The van der Waals surface area contributed by atoms with Crippen LogP contribution in [0.2, 0.25) is 0 Å². The normalized spacial score (nSPS) is 17.2. The first kappa shape index (κ1) is 23.5. The summed E-state index contributed by atoms with van der Waals surface area (Å²) < 4.78 is 0. The smallest absolute Gasteiger partial charge is 0.124 e. The summed E-state index contributed by atoms with van der Waals surface area (Å²) in [6.45, 7) is 8.22. The van der Waals surface area contributed by atoms with Gasteiger partial charge in [-0.3, -0.25) is 4.98 Å². The minimum atomic E-state index is -1.14. The molecule has 4 nitrogen and oxygen atoms in total. The van der Waals surface area contributed by atoms with Crippen LogP contribution < -0.4 is 0 Å². The lowest BCUT2D eigenvalue weighted by atomic mass is 9.62. The van der Waals surface area contributed by atoms with E-state index in [4.69, 9.17) is 0 Å². The Labute approximate surface area is 208 Å². The lowest BCUT2D eigenvalue weighted by molar-refractivity contribution is -0.127. The molecule has 2 aromatic carbocycles. The number of benzene rings is 2. The number of nitrogens with one attached hydrogen (secondary N) is 1. The van der Waals surface area contributed by atoms with Gasteiger partial charge in [-0.1, -0.05) is 75.4 Å². The first-order valence-electron chi connectivity index (χ1n) is 12.5. The van der Waals surface area contributed by atoms with Crippen LogP contribution in [0.15, 0.2) is 85.3 Å². The van der Waals surface area contributed by atoms with Crippen LogP contribution in [0, 0.1) is 5.41 Å². The van der Waals surface area contributed by atoms with Gasteiger partial charge in [-0.25, -0.2) is 0 Å². The van der Waals surface area contributed by atoms with Gasteiger partial charge in [0.15, 0.2) is 0 Å². The fraction of sp³-hybridized carbons (Fsp3) is 0.323. The summed E-state index contributed by atoms with van der Waals surface area (Å²) >= 11 is 0. The van der Waals surface area contributed by atoms with Gasteiger partial charge in [-0.15, -0.1) is 0 Å². The van der Waals surface area contributed by atoms with E-state index in [0.29, 0.717) is 5.92 Å². The number of likely N-dealkylation sites (tertiary alicyclic amines) is 1. The Morgan fingerprint density at radius 2 is 1.69 bits per heavy atom. The van der Waals surface area contributed by atoms with E-state index >= 15 is 0 Å². The first-order chi connectivity index (χ1) is 16.8. The number of aromatic nitrogens is 2. The molecule has 1 atom stereocenters. The predicted molar refractivity (Wildman–Crippen MR) is 142 cm³/mol. The SMILES string of the molecule is CC(C)c1ccc([C@](O)(c2cncc(-c3c[nH]c(Cc4ccccc4)c3)c2)C2(C)CN(C)C2)cc1. The molecule has 1 aliphatic rings. The fourth-order valence-electron chi connectivity index (χ4n) is 5.67. The molecule has 0 spiro atoms. The number of hydrogen-bond acceptors (Lipinski definition) is 3. The van der Waals surface area contributed by atoms with Crippen molar-refractivity contribution in [2.45, 2.75) is 38.7 Å². The van der Waals surface area contributed by atoms with Crippen LogP contribution in [-0.2, 0) is 12.0 Å². The van der Waals surface area contributed by atoms with Crippen molar-refractivity contribution in [1.82, 2.24) is 14.9 Å². The average molecular weight is 466 g/mol. The van der Waals surface area contributed by atoms with Crippen molar-refractivity contribution in [3.8, 4) is 11.1 Å². The number of aromatic amines is 1. The largest absolute Gasteiger partial charge is 0.380 e. The van der Waals surface area contributed by atoms with Crippen LogP contribution in [0.4, 0.5) is 0 Å². The summed E-state index contributed by atoms with van der Waals surface area (Å²) in [4.78, 5) is 10.3. The maximum Gasteiger partial charge on any atom is 0.124 e. The molecule has 2 N–H and O–H groups in total. The van der Waals surface area contributed by atoms with E-state index in [1.165, 1.54) is 11.1 Å². The quantitative estimate of drug-likeness (QED) is 0.353. The molecule has 0 aliphatic carbocycles. The fourth-order valence-corrected chi connectivity index (χ4v) is 5.67. The van der Waals surface area contributed by atoms with E-state index in [-0.39, 0.29) is 5.41 Å². The molecule has 0 unspecified atom stereocenters. The van der Waals surface area contributed by atoms with Crippen LogP contribution in [0.3, 0.4) is 0 Å². The molecular weight excluding hydrogens is 430 g/mol. The second-order valence-corrected chi connectivity index (χ2v) is 10.8. The zero-order valence-electron chi connectivity index (χ0n) is 21.1. The topological polar surface area (TPSA) is 52.2 Å². The van der Waals surface area contributed by atoms with E-state index in [9.17, 15) is 5.11 Å². The predicted octanol–water partition coefficient (Wildman–Crippen LogP) is 5.98. The van der Waals surface area contributed by atoms with Crippen molar-refractivity contribution in [3.05, 3.63) is 113 Å². The zero-order valence-corrected chi connectivity index (χ0v) is 21.1. The Bertz CT molecular complexity index is 1290. The Morgan fingerprint density at radius 1 is 0.971 bits per heavy atom. The van der Waals surface area contributed by atoms with E-state index in [0.717, 1.165) is 47.5 Å². The van der Waals surface area contributed by atoms with Crippen LogP contribution >= 0.6 is 0 Å². The molecule has 3 heterocycles. The molecule has 35 heavy (non-hydrogen) atoms. The minimum absolute atomic E-state index is 0.308. The first-order valence-corrected chi connectivity index (χ1v) is 12.5. The third-order valence-corrected chi connectivity index (χ3v) is 7.58. The summed E-state index contributed by atoms with van der Waals surface area (Å²) in [5, 5.41) is 12.5. The van der Waals surface area contributed by atoms with Crippen molar-refractivity contribution in [2.24, 2.45) is 5.41 Å². The highest BCUT2D eigenvalue weighted by Gasteiger charge is 2.55. The molecule has 0 bridgehead atoms. The third kappa shape index (κ3) is 4.33. The van der Waals surface area contributed by atoms with Crippen molar-refractivity contribution >= 4 is 0 Å². The number of nitrogens with zero attached hydrogens (tertiary/aromatic N) is 2. The van der Waals surface area contributed by atoms with E-state index in [1.54, 1.807) is 0 Å². The highest BCUT2D eigenvalue weighted by atomic mass is 16.3. The minimum Gasteiger partial charge on any atom is -0.380 e. The van der Waals surface area contributed by atoms with Crippen LogP contribution in [-0.4, -0.2) is 40.1 Å². The summed E-state index contributed by atoms with van der Waals surface area (Å²) in [5.74, 6) is 0.450. The summed E-state index contributed by atoms with van der Waals surface area (Å²) in [6.07, 6.45) is 6.61. The number of pyridine rings is 1. The Hall–Kier alpha value is -3.21. The molecule has 0 radical (unpaired) electrons. The van der Waals surface area contributed by atoms with Gasteiger partial charge in [0.2, 0.25) is 0 Å². The zero-order chi connectivity index (χ0) is 24.6. The number of H-pyrrole nitrogens is 1. The van der Waals surface area contributed by atoms with E-state index < -0.39 is 5.60 Å². The molecule has 4 heteroatoms. The molecule has 1 aliphatic heterocycles. The molecule has 180 valence electrons. The van der Waals surface area contributed by atoms with Gasteiger partial charge < -0.3 is 15.0 Å². The Kier molecular flexibility index (Phi) is 6.12. The molecule has 4 aromatic rings. The molecule has 0 saturated carbocycles. The molecule has 5 rings (SSSR count). The Morgan fingerprint density at radius 3 is 2.34 bits per heavy atom. The number of rotatable bonds is 7. The Balaban J connectivity index is 1.51. The molecular formula is C31H35N3O. The number of aliphatic hydroxyl groups is 1. The summed E-state index contributed by atoms with van der Waals surface area (Å²) in [5.41, 5.74) is 6.11. The van der Waals surface area contributed by atoms with Crippen LogP contribution in [0.5, 0.6) is 0 Å². The van der Waals surface area contributed by atoms with Gasteiger partial charge in [0.05, 0.1) is 0 Å². The number of hydrogen-bond donors (Lipinski definition) is 2. The molecule has 0 amide bonds. The lowest BCUT2D eigenvalue weighted by Crippen LogP contribution is -2.63. The monoisotopic (exact) mass is 465 g/mol. The highest BCUT2D eigenvalue weighted by molar-refractivity contribution is 5.64. The molecule has 1 fully saturated rings. The van der Waals surface area contributed by atoms with Crippen molar-refractivity contribution < 1.29 is 5.11 Å². The second kappa shape index (κ2) is 9.10. The second-order valence-electron chi connectivity index (χ2n) is 10.8.